The van der Waals surface area contributed by atoms with Crippen LogP contribution in [0.2, 0.25) is 0 Å². The van der Waals surface area contributed by atoms with Gasteiger partial charge in [0.2, 0.25) is 0 Å². The van der Waals surface area contributed by atoms with Crippen LogP contribution in [0.3, 0.4) is 0 Å². The van der Waals surface area contributed by atoms with Crippen molar-refractivity contribution in [3.8, 4) is 0 Å². The second-order valence-electron chi connectivity index (χ2n) is 7.41. The maximum atomic E-state index is 13.7. The van der Waals surface area contributed by atoms with Gasteiger partial charge in [-0.2, -0.15) is 5.10 Å². The highest BCUT2D eigenvalue weighted by Gasteiger charge is 2.29. The number of benzene rings is 1. The van der Waals surface area contributed by atoms with Crippen molar-refractivity contribution in [2.24, 2.45) is 0 Å². The minimum absolute atomic E-state index is 0.0701. The van der Waals surface area contributed by atoms with Crippen LogP contribution >= 0.6 is 0 Å². The molecule has 3 aromatic rings. The van der Waals surface area contributed by atoms with Crippen LogP contribution in [0, 0.1) is 19.7 Å². The van der Waals surface area contributed by atoms with Crippen LogP contribution in [-0.4, -0.2) is 45.2 Å². The number of hydrogen-bond acceptors (Lipinski definition) is 5. The summed E-state index contributed by atoms with van der Waals surface area (Å²) in [6.45, 7) is 4.67. The third-order valence-electron chi connectivity index (χ3n) is 5.42. The SMILES string of the molecule is Cc1noc(C)c1C(=O)N1CCC(c2cc(C(=O)Nc3ccccc3F)n[nH]2)CC1. The molecule has 0 spiro atoms. The lowest BCUT2D eigenvalue weighted by Gasteiger charge is -2.31. The molecule has 1 saturated heterocycles. The predicted molar refractivity (Wildman–Crippen MR) is 107 cm³/mol. The molecule has 1 fully saturated rings. The molecule has 0 unspecified atom stereocenters. The Morgan fingerprint density at radius 1 is 1.23 bits per heavy atom. The number of anilines is 1. The van der Waals surface area contributed by atoms with Crippen molar-refractivity contribution in [1.82, 2.24) is 20.3 Å². The average Bonchev–Trinajstić information content (AvgIpc) is 3.36. The number of carbonyl (C=O) groups excluding carboxylic acids is 2. The first kappa shape index (κ1) is 19.8. The van der Waals surface area contributed by atoms with E-state index < -0.39 is 11.7 Å². The number of piperidine rings is 1. The zero-order chi connectivity index (χ0) is 21.3. The first-order chi connectivity index (χ1) is 14.4. The van der Waals surface area contributed by atoms with E-state index in [1.165, 1.54) is 12.1 Å². The summed E-state index contributed by atoms with van der Waals surface area (Å²) in [6.07, 6.45) is 1.48. The highest BCUT2D eigenvalue weighted by atomic mass is 19.1. The number of aromatic amines is 1. The molecule has 0 atom stereocenters. The number of H-pyrrole nitrogens is 1. The van der Waals surface area contributed by atoms with E-state index in [1.54, 1.807) is 36.9 Å². The number of para-hydroxylation sites is 1. The van der Waals surface area contributed by atoms with Crippen LogP contribution in [0.5, 0.6) is 0 Å². The van der Waals surface area contributed by atoms with Crippen LogP contribution in [0.25, 0.3) is 0 Å². The number of rotatable bonds is 4. The van der Waals surface area contributed by atoms with Crippen molar-refractivity contribution in [3.05, 3.63) is 64.6 Å². The van der Waals surface area contributed by atoms with Crippen molar-refractivity contribution in [3.63, 3.8) is 0 Å². The van der Waals surface area contributed by atoms with Crippen LogP contribution in [0.15, 0.2) is 34.9 Å². The van der Waals surface area contributed by atoms with E-state index in [2.05, 4.69) is 20.7 Å². The number of aryl methyl sites for hydroxylation is 2. The fourth-order valence-electron chi connectivity index (χ4n) is 3.75. The second kappa shape index (κ2) is 8.10. The van der Waals surface area contributed by atoms with Gasteiger partial charge < -0.3 is 14.7 Å². The third kappa shape index (κ3) is 3.83. The summed E-state index contributed by atoms with van der Waals surface area (Å²) in [5, 5.41) is 13.4. The van der Waals surface area contributed by atoms with E-state index in [0.29, 0.717) is 30.1 Å². The summed E-state index contributed by atoms with van der Waals surface area (Å²) >= 11 is 0. The van der Waals surface area contributed by atoms with Gasteiger partial charge in [0.05, 0.1) is 11.4 Å². The number of nitrogens with zero attached hydrogens (tertiary/aromatic N) is 3. The smallest absolute Gasteiger partial charge is 0.276 e. The van der Waals surface area contributed by atoms with E-state index in [4.69, 9.17) is 4.52 Å². The highest BCUT2D eigenvalue weighted by molar-refractivity contribution is 6.03. The first-order valence-corrected chi connectivity index (χ1v) is 9.77. The van der Waals surface area contributed by atoms with Gasteiger partial charge in [0.25, 0.3) is 11.8 Å². The maximum Gasteiger partial charge on any atom is 0.276 e. The number of hydrogen-bond donors (Lipinski definition) is 2. The Labute approximate surface area is 172 Å². The molecular weight excluding hydrogens is 389 g/mol. The van der Waals surface area contributed by atoms with Crippen molar-refractivity contribution in [2.45, 2.75) is 32.6 Å². The number of nitrogens with one attached hydrogen (secondary N) is 2. The standard InChI is InChI=1S/C21H22FN5O3/c1-12-19(13(2)30-26-12)21(29)27-9-7-14(8-10-27)17-11-18(25-24-17)20(28)23-16-6-4-3-5-15(16)22/h3-6,11,14H,7-10H2,1-2H3,(H,23,28)(H,24,25). The molecule has 2 N–H and O–H groups in total. The van der Waals surface area contributed by atoms with E-state index >= 15 is 0 Å². The summed E-state index contributed by atoms with van der Waals surface area (Å²) in [4.78, 5) is 26.9. The summed E-state index contributed by atoms with van der Waals surface area (Å²) in [6, 6.07) is 7.66. The average molecular weight is 411 g/mol. The number of aromatic nitrogens is 3. The minimum Gasteiger partial charge on any atom is -0.361 e. The van der Waals surface area contributed by atoms with Crippen LogP contribution in [0.4, 0.5) is 10.1 Å². The van der Waals surface area contributed by atoms with E-state index in [1.807, 2.05) is 0 Å². The number of amides is 2. The zero-order valence-electron chi connectivity index (χ0n) is 16.7. The van der Waals surface area contributed by atoms with Crippen LogP contribution in [0.1, 0.15) is 56.8 Å². The lowest BCUT2D eigenvalue weighted by molar-refractivity contribution is 0.0709. The summed E-state index contributed by atoms with van der Waals surface area (Å²) in [5.74, 6) is -0.371. The van der Waals surface area contributed by atoms with Gasteiger partial charge in [-0.15, -0.1) is 0 Å². The maximum absolute atomic E-state index is 13.7. The lowest BCUT2D eigenvalue weighted by atomic mass is 9.93. The van der Waals surface area contributed by atoms with Gasteiger partial charge in [-0.05, 0) is 44.9 Å². The largest absolute Gasteiger partial charge is 0.361 e. The fraction of sp³-hybridized carbons (Fsp3) is 0.333. The zero-order valence-corrected chi connectivity index (χ0v) is 16.7. The molecule has 156 valence electrons. The first-order valence-electron chi connectivity index (χ1n) is 9.77. The molecule has 9 heteroatoms. The number of likely N-dealkylation sites (tertiary alicyclic amines) is 1. The quantitative estimate of drug-likeness (QED) is 0.685. The van der Waals surface area contributed by atoms with E-state index in [0.717, 1.165) is 18.5 Å². The van der Waals surface area contributed by atoms with Gasteiger partial charge in [0.1, 0.15) is 17.1 Å². The van der Waals surface area contributed by atoms with Crippen LogP contribution in [-0.2, 0) is 0 Å². The summed E-state index contributed by atoms with van der Waals surface area (Å²) < 4.78 is 18.8. The van der Waals surface area contributed by atoms with Gasteiger partial charge in [0, 0.05) is 24.7 Å². The minimum atomic E-state index is -0.503. The molecule has 0 bridgehead atoms. The highest BCUT2D eigenvalue weighted by Crippen LogP contribution is 2.29. The molecule has 3 heterocycles. The molecule has 0 saturated carbocycles. The van der Waals surface area contributed by atoms with Crippen molar-refractivity contribution in [1.29, 1.82) is 0 Å². The number of halogens is 1. The summed E-state index contributed by atoms with van der Waals surface area (Å²) in [5.41, 5.74) is 2.26. The van der Waals surface area contributed by atoms with Gasteiger partial charge in [-0.25, -0.2) is 4.39 Å². The Kier molecular flexibility index (Phi) is 5.35. The normalized spacial score (nSPS) is 14.7. The molecule has 1 aliphatic heterocycles. The Morgan fingerprint density at radius 2 is 1.97 bits per heavy atom. The third-order valence-corrected chi connectivity index (χ3v) is 5.42. The molecule has 8 nitrogen and oxygen atoms in total. The molecule has 1 aliphatic rings. The fourth-order valence-corrected chi connectivity index (χ4v) is 3.75. The van der Waals surface area contributed by atoms with Gasteiger partial charge in [-0.3, -0.25) is 14.7 Å². The van der Waals surface area contributed by atoms with Crippen molar-refractivity contribution < 1.29 is 18.5 Å². The molecule has 2 amide bonds. The molecule has 4 rings (SSSR count). The summed E-state index contributed by atoms with van der Waals surface area (Å²) in [7, 11) is 0. The Morgan fingerprint density at radius 3 is 2.63 bits per heavy atom. The van der Waals surface area contributed by atoms with Crippen LogP contribution < -0.4 is 5.32 Å². The molecular formula is C21H22FN5O3. The van der Waals surface area contributed by atoms with E-state index in [9.17, 15) is 14.0 Å². The Bertz CT molecular complexity index is 1060. The van der Waals surface area contributed by atoms with Gasteiger partial charge >= 0.3 is 0 Å². The van der Waals surface area contributed by atoms with Gasteiger partial charge in [-0.1, -0.05) is 17.3 Å². The molecule has 0 aliphatic carbocycles. The topological polar surface area (TPSA) is 104 Å². The van der Waals surface area contributed by atoms with Gasteiger partial charge in [0.15, 0.2) is 5.69 Å². The molecule has 30 heavy (non-hydrogen) atoms. The predicted octanol–water partition coefficient (Wildman–Crippen LogP) is 3.43. The van der Waals surface area contributed by atoms with E-state index in [-0.39, 0.29) is 23.2 Å². The molecule has 1 aromatic carbocycles. The monoisotopic (exact) mass is 411 g/mol. The molecule has 0 radical (unpaired) electrons. The van der Waals surface area contributed by atoms with Crippen molar-refractivity contribution in [2.75, 3.05) is 18.4 Å². The van der Waals surface area contributed by atoms with Crippen molar-refractivity contribution >= 4 is 17.5 Å². The lowest BCUT2D eigenvalue weighted by Crippen LogP contribution is -2.38. The molecule has 2 aromatic heterocycles. The Hall–Kier alpha value is -3.49. The Balaban J connectivity index is 1.38. The number of carbonyl (C=O) groups is 2. The second-order valence-corrected chi connectivity index (χ2v) is 7.41.